The van der Waals surface area contributed by atoms with E-state index in [1.807, 2.05) is 0 Å². The summed E-state index contributed by atoms with van der Waals surface area (Å²) in [5, 5.41) is 0. The summed E-state index contributed by atoms with van der Waals surface area (Å²) in [6.07, 6.45) is 0.282. The van der Waals surface area contributed by atoms with Crippen LogP contribution in [0.15, 0.2) is 29.2 Å². The Labute approximate surface area is 124 Å². The lowest BCUT2D eigenvalue weighted by molar-refractivity contribution is -0.146. The summed E-state index contributed by atoms with van der Waals surface area (Å²) < 4.78 is 31.4. The number of benzene rings is 1. The fourth-order valence-electron chi connectivity index (χ4n) is 1.73. The SMILES string of the molecule is CCC(=O)c1cccc(S(=O)(=O)NC(C)(C)C(=O)OC)c1. The molecule has 0 radical (unpaired) electrons. The average Bonchev–Trinajstić information content (AvgIpc) is 2.44. The van der Waals surface area contributed by atoms with E-state index in [2.05, 4.69) is 9.46 Å². The van der Waals surface area contributed by atoms with Crippen LogP contribution in [-0.4, -0.2) is 32.8 Å². The number of methoxy groups -OCH3 is 1. The van der Waals surface area contributed by atoms with Gasteiger partial charge in [-0.05, 0) is 26.0 Å². The van der Waals surface area contributed by atoms with Gasteiger partial charge in [0.15, 0.2) is 5.78 Å². The van der Waals surface area contributed by atoms with E-state index >= 15 is 0 Å². The van der Waals surface area contributed by atoms with Crippen LogP contribution in [0.2, 0.25) is 0 Å². The van der Waals surface area contributed by atoms with Crippen LogP contribution in [0.3, 0.4) is 0 Å². The Bertz CT molecular complexity index is 649. The van der Waals surface area contributed by atoms with E-state index in [-0.39, 0.29) is 17.1 Å². The van der Waals surface area contributed by atoms with Crippen molar-refractivity contribution in [1.82, 2.24) is 4.72 Å². The Balaban J connectivity index is 3.15. The highest BCUT2D eigenvalue weighted by Crippen LogP contribution is 2.16. The molecule has 1 rings (SSSR count). The Kier molecular flexibility index (Phi) is 5.25. The summed E-state index contributed by atoms with van der Waals surface area (Å²) in [7, 11) is -2.76. The molecule has 0 aliphatic carbocycles. The van der Waals surface area contributed by atoms with Crippen LogP contribution in [0, 0.1) is 0 Å². The highest BCUT2D eigenvalue weighted by atomic mass is 32.2. The summed E-state index contributed by atoms with van der Waals surface area (Å²) in [4.78, 5) is 23.1. The van der Waals surface area contributed by atoms with Gasteiger partial charge in [0.1, 0.15) is 5.54 Å². The molecular weight excluding hydrogens is 294 g/mol. The number of sulfonamides is 1. The number of rotatable bonds is 6. The maximum Gasteiger partial charge on any atom is 0.326 e. The molecule has 0 atom stereocenters. The highest BCUT2D eigenvalue weighted by Gasteiger charge is 2.34. The van der Waals surface area contributed by atoms with Crippen molar-refractivity contribution >= 4 is 21.8 Å². The summed E-state index contributed by atoms with van der Waals surface area (Å²) in [5.74, 6) is -0.855. The minimum absolute atomic E-state index is 0.0706. The van der Waals surface area contributed by atoms with Crippen molar-refractivity contribution in [2.24, 2.45) is 0 Å². The van der Waals surface area contributed by atoms with E-state index < -0.39 is 21.5 Å². The summed E-state index contributed by atoms with van der Waals surface area (Å²) in [5.41, 5.74) is -1.09. The summed E-state index contributed by atoms with van der Waals surface area (Å²) in [6.45, 7) is 4.50. The molecule has 0 saturated carbocycles. The normalized spacial score (nSPS) is 12.0. The van der Waals surface area contributed by atoms with Crippen molar-refractivity contribution in [3.8, 4) is 0 Å². The van der Waals surface area contributed by atoms with Crippen molar-refractivity contribution in [2.75, 3.05) is 7.11 Å². The molecule has 6 nitrogen and oxygen atoms in total. The minimum Gasteiger partial charge on any atom is -0.468 e. The number of esters is 1. The van der Waals surface area contributed by atoms with Gasteiger partial charge in [-0.15, -0.1) is 0 Å². The van der Waals surface area contributed by atoms with E-state index in [4.69, 9.17) is 0 Å². The lowest BCUT2D eigenvalue weighted by Crippen LogP contribution is -2.50. The average molecular weight is 313 g/mol. The lowest BCUT2D eigenvalue weighted by atomic mass is 10.1. The van der Waals surface area contributed by atoms with Gasteiger partial charge in [-0.25, -0.2) is 8.42 Å². The molecule has 1 aromatic carbocycles. The Morgan fingerprint density at radius 3 is 2.43 bits per heavy atom. The highest BCUT2D eigenvalue weighted by molar-refractivity contribution is 7.89. The van der Waals surface area contributed by atoms with Crippen LogP contribution >= 0.6 is 0 Å². The number of hydrogen-bond donors (Lipinski definition) is 1. The topological polar surface area (TPSA) is 89.5 Å². The van der Waals surface area contributed by atoms with Gasteiger partial charge in [0.05, 0.1) is 12.0 Å². The van der Waals surface area contributed by atoms with Gasteiger partial charge in [-0.1, -0.05) is 19.1 Å². The largest absolute Gasteiger partial charge is 0.468 e. The van der Waals surface area contributed by atoms with Crippen molar-refractivity contribution in [3.63, 3.8) is 0 Å². The molecule has 0 aromatic heterocycles. The Morgan fingerprint density at radius 2 is 1.90 bits per heavy atom. The maximum absolute atomic E-state index is 12.3. The molecule has 0 aliphatic heterocycles. The van der Waals surface area contributed by atoms with E-state index in [1.54, 1.807) is 13.0 Å². The van der Waals surface area contributed by atoms with E-state index in [1.165, 1.54) is 39.2 Å². The number of ketones is 1. The van der Waals surface area contributed by atoms with Gasteiger partial charge >= 0.3 is 5.97 Å². The first kappa shape index (κ1) is 17.3. The molecule has 0 spiro atoms. The van der Waals surface area contributed by atoms with Gasteiger partial charge in [-0.2, -0.15) is 4.72 Å². The fourth-order valence-corrected chi connectivity index (χ4v) is 3.15. The van der Waals surface area contributed by atoms with Crippen LogP contribution in [-0.2, 0) is 19.6 Å². The lowest BCUT2D eigenvalue weighted by Gasteiger charge is -2.22. The first-order valence-corrected chi connectivity index (χ1v) is 7.88. The minimum atomic E-state index is -3.94. The Morgan fingerprint density at radius 1 is 1.29 bits per heavy atom. The van der Waals surface area contributed by atoms with Gasteiger partial charge in [0, 0.05) is 12.0 Å². The molecule has 7 heteroatoms. The summed E-state index contributed by atoms with van der Waals surface area (Å²) in [6, 6.07) is 5.70. The number of carbonyl (C=O) groups is 2. The second kappa shape index (κ2) is 6.36. The van der Waals surface area contributed by atoms with E-state index in [0.717, 1.165) is 0 Å². The smallest absolute Gasteiger partial charge is 0.326 e. The van der Waals surface area contributed by atoms with Gasteiger partial charge in [-0.3, -0.25) is 9.59 Å². The molecular formula is C14H19NO5S. The van der Waals surface area contributed by atoms with Crippen molar-refractivity contribution in [1.29, 1.82) is 0 Å². The zero-order chi connectivity index (χ0) is 16.3. The maximum atomic E-state index is 12.3. The van der Waals surface area contributed by atoms with Gasteiger partial charge in [0.25, 0.3) is 0 Å². The van der Waals surface area contributed by atoms with Crippen molar-refractivity contribution in [2.45, 2.75) is 37.6 Å². The molecule has 21 heavy (non-hydrogen) atoms. The van der Waals surface area contributed by atoms with Crippen LogP contribution < -0.4 is 4.72 Å². The predicted octanol–water partition coefficient (Wildman–Crippen LogP) is 1.51. The first-order chi connectivity index (χ1) is 9.64. The number of hydrogen-bond acceptors (Lipinski definition) is 5. The molecule has 1 aromatic rings. The second-order valence-corrected chi connectivity index (χ2v) is 6.71. The number of nitrogens with one attached hydrogen (secondary N) is 1. The molecule has 0 saturated heterocycles. The standard InChI is InChI=1S/C14H19NO5S/c1-5-12(16)10-7-6-8-11(9-10)21(18,19)15-14(2,3)13(17)20-4/h6-9,15H,5H2,1-4H3. The number of Topliss-reactive ketones (excluding diaryl/α,β-unsaturated/α-hetero) is 1. The van der Waals surface area contributed by atoms with Crippen molar-refractivity contribution < 1.29 is 22.7 Å². The molecule has 1 N–H and O–H groups in total. The van der Waals surface area contributed by atoms with Crippen molar-refractivity contribution in [3.05, 3.63) is 29.8 Å². The van der Waals surface area contributed by atoms with Gasteiger partial charge in [0.2, 0.25) is 10.0 Å². The zero-order valence-electron chi connectivity index (χ0n) is 12.5. The van der Waals surface area contributed by atoms with Crippen LogP contribution in [0.5, 0.6) is 0 Å². The second-order valence-electron chi connectivity index (χ2n) is 5.03. The number of carbonyl (C=O) groups excluding carboxylic acids is 2. The Hall–Kier alpha value is -1.73. The summed E-state index contributed by atoms with van der Waals surface area (Å²) >= 11 is 0. The van der Waals surface area contributed by atoms with Crippen LogP contribution in [0.4, 0.5) is 0 Å². The quantitative estimate of drug-likeness (QED) is 0.635. The molecule has 0 fully saturated rings. The molecule has 116 valence electrons. The monoisotopic (exact) mass is 313 g/mol. The molecule has 0 aliphatic rings. The van der Waals surface area contributed by atoms with Crippen LogP contribution in [0.1, 0.15) is 37.6 Å². The zero-order valence-corrected chi connectivity index (χ0v) is 13.3. The first-order valence-electron chi connectivity index (χ1n) is 6.39. The molecule has 0 amide bonds. The predicted molar refractivity (Wildman–Crippen MR) is 77.5 cm³/mol. The third-order valence-electron chi connectivity index (χ3n) is 2.87. The van der Waals surface area contributed by atoms with Gasteiger partial charge < -0.3 is 4.74 Å². The van der Waals surface area contributed by atoms with E-state index in [0.29, 0.717) is 5.56 Å². The van der Waals surface area contributed by atoms with Crippen LogP contribution in [0.25, 0.3) is 0 Å². The molecule has 0 heterocycles. The number of ether oxygens (including phenoxy) is 1. The fraction of sp³-hybridized carbons (Fsp3) is 0.429. The molecule has 0 unspecified atom stereocenters. The third-order valence-corrected chi connectivity index (χ3v) is 4.53. The third kappa shape index (κ3) is 4.12. The van der Waals surface area contributed by atoms with E-state index in [9.17, 15) is 18.0 Å². The molecule has 0 bridgehead atoms.